The van der Waals surface area contributed by atoms with E-state index >= 15 is 0 Å². The molecular weight excluding hydrogens is 417 g/mol. The van der Waals surface area contributed by atoms with Gasteiger partial charge in [0.05, 0.1) is 27.2 Å². The van der Waals surface area contributed by atoms with Crippen LogP contribution in [0, 0.1) is 0 Å². The topological polar surface area (TPSA) is 65.1 Å². The van der Waals surface area contributed by atoms with Crippen LogP contribution in [0.1, 0.15) is 16.7 Å². The lowest BCUT2D eigenvalue weighted by Gasteiger charge is -2.23. The number of carbonyl (C=O) groups is 2. The number of esters is 1. The monoisotopic (exact) mass is 445 g/mol. The van der Waals surface area contributed by atoms with Gasteiger partial charge in [-0.2, -0.15) is 0 Å². The Morgan fingerprint density at radius 3 is 2.36 bits per heavy atom. The molecule has 3 rings (SSSR count). The molecule has 1 amide bonds. The number of hydrogen-bond acceptors (Lipinski definition) is 5. The zero-order chi connectivity index (χ0) is 23.6. The van der Waals surface area contributed by atoms with Gasteiger partial charge in [0.1, 0.15) is 19.3 Å². The highest BCUT2D eigenvalue weighted by Crippen LogP contribution is 2.27. The van der Waals surface area contributed by atoms with E-state index in [1.165, 1.54) is 14.2 Å². The third-order valence-corrected chi connectivity index (χ3v) is 5.23. The molecule has 0 aliphatic heterocycles. The Hall–Kier alpha value is -3.74. The molecule has 0 aliphatic carbocycles. The molecular formula is C26H28BNO5. The average molecular weight is 445 g/mol. The second-order valence-electron chi connectivity index (χ2n) is 7.74. The van der Waals surface area contributed by atoms with Crippen LogP contribution in [0.2, 0.25) is 0 Å². The second kappa shape index (κ2) is 11.8. The van der Waals surface area contributed by atoms with Crippen LogP contribution in [0.15, 0.2) is 72.8 Å². The van der Waals surface area contributed by atoms with Crippen LogP contribution in [0.25, 0.3) is 0 Å². The Kier molecular flexibility index (Phi) is 8.53. The summed E-state index contributed by atoms with van der Waals surface area (Å²) in [5, 5.41) is 0. The Morgan fingerprint density at radius 1 is 0.879 bits per heavy atom. The van der Waals surface area contributed by atoms with Crippen LogP contribution >= 0.6 is 0 Å². The summed E-state index contributed by atoms with van der Waals surface area (Å²) >= 11 is 0. The summed E-state index contributed by atoms with van der Waals surface area (Å²) in [7, 11) is 4.75. The maximum Gasteiger partial charge on any atom is 0.409 e. The molecule has 0 fully saturated rings. The van der Waals surface area contributed by atoms with Gasteiger partial charge in [-0.1, -0.05) is 60.1 Å². The van der Waals surface area contributed by atoms with Gasteiger partial charge in [-0.05, 0) is 35.7 Å². The van der Waals surface area contributed by atoms with Gasteiger partial charge in [0.2, 0.25) is 0 Å². The summed E-state index contributed by atoms with van der Waals surface area (Å²) in [6.07, 6.45) is 0.496. The molecule has 170 valence electrons. The molecule has 6 nitrogen and oxygen atoms in total. The minimum Gasteiger partial charge on any atom is -0.469 e. The number of ether oxygens (including phenoxy) is 3. The zero-order valence-electron chi connectivity index (χ0n) is 19.2. The van der Waals surface area contributed by atoms with Crippen LogP contribution in [0.5, 0.6) is 11.5 Å². The summed E-state index contributed by atoms with van der Waals surface area (Å²) in [6.45, 7) is 0.858. The third-order valence-electron chi connectivity index (χ3n) is 5.23. The highest BCUT2D eigenvalue weighted by atomic mass is 16.5. The van der Waals surface area contributed by atoms with Crippen molar-refractivity contribution in [2.75, 3.05) is 20.8 Å². The smallest absolute Gasteiger partial charge is 0.409 e. The standard InChI is InChI=1S/C26H28BNO5/c1-31-25(29)16-20-9-6-10-23(15-20)33-24-12-11-22(27)17-21(24)18-28(26(30)32-2)14-13-19-7-4-3-5-8-19/h3-12,15,17H,13-14,16,18,27H2,1-2H3. The van der Waals surface area contributed by atoms with Gasteiger partial charge in [-0.25, -0.2) is 4.79 Å². The molecule has 0 aliphatic rings. The van der Waals surface area contributed by atoms with Gasteiger partial charge >= 0.3 is 12.1 Å². The molecule has 0 spiro atoms. The number of hydrogen-bond donors (Lipinski definition) is 0. The minimum absolute atomic E-state index is 0.171. The fourth-order valence-corrected chi connectivity index (χ4v) is 3.49. The molecule has 3 aromatic rings. The highest BCUT2D eigenvalue weighted by Gasteiger charge is 2.17. The quantitative estimate of drug-likeness (QED) is 0.374. The molecule has 0 unspecified atom stereocenters. The van der Waals surface area contributed by atoms with Gasteiger partial charge in [-0.3, -0.25) is 4.79 Å². The maximum atomic E-state index is 12.5. The molecule has 0 atom stereocenters. The van der Waals surface area contributed by atoms with E-state index in [1.54, 1.807) is 4.90 Å². The number of nitrogens with zero attached hydrogens (tertiary/aromatic N) is 1. The Balaban J connectivity index is 1.79. The van der Waals surface area contributed by atoms with Crippen molar-refractivity contribution in [2.45, 2.75) is 19.4 Å². The lowest BCUT2D eigenvalue weighted by molar-refractivity contribution is -0.139. The van der Waals surface area contributed by atoms with Crippen LogP contribution in [0.4, 0.5) is 4.79 Å². The van der Waals surface area contributed by atoms with Crippen LogP contribution < -0.4 is 10.2 Å². The molecule has 0 heterocycles. The normalized spacial score (nSPS) is 10.4. The number of benzene rings is 3. The van der Waals surface area contributed by atoms with Crippen molar-refractivity contribution >= 4 is 25.4 Å². The van der Waals surface area contributed by atoms with E-state index in [0.717, 1.165) is 22.2 Å². The van der Waals surface area contributed by atoms with Crippen LogP contribution in [-0.2, 0) is 33.7 Å². The Morgan fingerprint density at radius 2 is 1.64 bits per heavy atom. The molecule has 0 radical (unpaired) electrons. The molecule has 0 N–H and O–H groups in total. The summed E-state index contributed by atoms with van der Waals surface area (Å²) in [4.78, 5) is 25.8. The first kappa shape index (κ1) is 23.9. The summed E-state index contributed by atoms with van der Waals surface area (Å²) in [5.74, 6) is 0.940. The fourth-order valence-electron chi connectivity index (χ4n) is 3.49. The maximum absolute atomic E-state index is 12.5. The predicted octanol–water partition coefficient (Wildman–Crippen LogP) is 3.26. The van der Waals surface area contributed by atoms with Crippen molar-refractivity contribution in [3.63, 3.8) is 0 Å². The molecule has 0 saturated carbocycles. The molecule has 0 aromatic heterocycles. The van der Waals surface area contributed by atoms with Crippen LogP contribution in [0.3, 0.4) is 0 Å². The second-order valence-corrected chi connectivity index (χ2v) is 7.74. The van der Waals surface area contributed by atoms with Gasteiger partial charge < -0.3 is 19.1 Å². The van der Waals surface area contributed by atoms with E-state index in [1.807, 2.05) is 80.6 Å². The van der Waals surface area contributed by atoms with Gasteiger partial charge in [0.15, 0.2) is 0 Å². The summed E-state index contributed by atoms with van der Waals surface area (Å²) < 4.78 is 15.9. The number of amides is 1. The Bertz CT molecular complexity index is 1090. The van der Waals surface area contributed by atoms with E-state index in [2.05, 4.69) is 0 Å². The first-order chi connectivity index (χ1) is 16.0. The van der Waals surface area contributed by atoms with E-state index < -0.39 is 6.09 Å². The first-order valence-electron chi connectivity index (χ1n) is 10.8. The Labute approximate surface area is 195 Å². The highest BCUT2D eigenvalue weighted by molar-refractivity contribution is 6.32. The van der Waals surface area contributed by atoms with E-state index in [4.69, 9.17) is 14.2 Å². The lowest BCUT2D eigenvalue weighted by Crippen LogP contribution is -2.32. The van der Waals surface area contributed by atoms with Crippen LogP contribution in [-0.4, -0.2) is 45.6 Å². The molecule has 33 heavy (non-hydrogen) atoms. The van der Waals surface area contributed by atoms with Crippen molar-refractivity contribution in [3.05, 3.63) is 89.5 Å². The number of methoxy groups -OCH3 is 2. The van der Waals surface area contributed by atoms with Crippen molar-refractivity contribution in [3.8, 4) is 11.5 Å². The van der Waals surface area contributed by atoms with E-state index in [-0.39, 0.29) is 12.4 Å². The molecule has 0 bridgehead atoms. The third kappa shape index (κ3) is 7.14. The van der Waals surface area contributed by atoms with Gasteiger partial charge in [-0.15, -0.1) is 0 Å². The predicted molar refractivity (Wildman–Crippen MR) is 130 cm³/mol. The first-order valence-corrected chi connectivity index (χ1v) is 10.8. The lowest BCUT2D eigenvalue weighted by atomic mass is 9.94. The average Bonchev–Trinajstić information content (AvgIpc) is 2.83. The van der Waals surface area contributed by atoms with Crippen molar-refractivity contribution < 1.29 is 23.8 Å². The summed E-state index contributed by atoms with van der Waals surface area (Å²) in [5.41, 5.74) is 3.87. The van der Waals surface area contributed by atoms with Crippen molar-refractivity contribution in [2.24, 2.45) is 0 Å². The molecule has 7 heteroatoms. The zero-order valence-corrected chi connectivity index (χ0v) is 19.2. The number of carbonyl (C=O) groups excluding carboxylic acids is 2. The SMILES string of the molecule is Bc1ccc(Oc2cccc(CC(=O)OC)c2)c(CN(CCc2ccccc2)C(=O)OC)c1. The fraction of sp³-hybridized carbons (Fsp3) is 0.231. The number of rotatable bonds is 9. The van der Waals surface area contributed by atoms with Crippen molar-refractivity contribution in [1.29, 1.82) is 0 Å². The summed E-state index contributed by atoms with van der Waals surface area (Å²) in [6, 6.07) is 23.2. The van der Waals surface area contributed by atoms with Gasteiger partial charge in [0.25, 0.3) is 0 Å². The molecule has 3 aromatic carbocycles. The van der Waals surface area contributed by atoms with E-state index in [0.29, 0.717) is 31.0 Å². The molecule has 0 saturated heterocycles. The van der Waals surface area contributed by atoms with Gasteiger partial charge in [0, 0.05) is 12.1 Å². The van der Waals surface area contributed by atoms with Crippen molar-refractivity contribution in [1.82, 2.24) is 4.90 Å². The minimum atomic E-state index is -0.390. The largest absolute Gasteiger partial charge is 0.469 e. The van der Waals surface area contributed by atoms with E-state index in [9.17, 15) is 9.59 Å².